The number of carbonyl (C=O) groups excluding carboxylic acids is 1. The van der Waals surface area contributed by atoms with Gasteiger partial charge in [0.25, 0.3) is 5.91 Å². The molecule has 5 nitrogen and oxygen atoms in total. The van der Waals surface area contributed by atoms with Crippen molar-refractivity contribution in [1.82, 2.24) is 19.8 Å². The molecule has 2 aromatic rings. The summed E-state index contributed by atoms with van der Waals surface area (Å²) in [5.41, 5.74) is 3.04. The molecule has 0 saturated carbocycles. The maximum Gasteiger partial charge on any atom is 0.257 e. The molecule has 134 valence electrons. The number of hydrogen-bond donors (Lipinski definition) is 1. The van der Waals surface area contributed by atoms with Gasteiger partial charge in [0.2, 0.25) is 0 Å². The second kappa shape index (κ2) is 6.79. The zero-order chi connectivity index (χ0) is 17.4. The van der Waals surface area contributed by atoms with E-state index in [4.69, 9.17) is 0 Å². The van der Waals surface area contributed by atoms with Gasteiger partial charge in [-0.15, -0.1) is 0 Å². The van der Waals surface area contributed by atoms with E-state index in [0.29, 0.717) is 17.8 Å². The van der Waals surface area contributed by atoms with E-state index in [1.807, 2.05) is 15.6 Å². The van der Waals surface area contributed by atoms with Gasteiger partial charge in [-0.1, -0.05) is 13.8 Å². The number of amides is 1. The zero-order valence-corrected chi connectivity index (χ0v) is 15.2. The summed E-state index contributed by atoms with van der Waals surface area (Å²) in [6.45, 7) is 8.33. The highest BCUT2D eigenvalue weighted by atomic mass is 16.2. The monoisotopic (exact) mass is 340 g/mol. The molecule has 2 aromatic heterocycles. The Morgan fingerprint density at radius 3 is 2.64 bits per heavy atom. The molecule has 4 heterocycles. The van der Waals surface area contributed by atoms with Gasteiger partial charge >= 0.3 is 0 Å². The van der Waals surface area contributed by atoms with E-state index < -0.39 is 0 Å². The van der Waals surface area contributed by atoms with Crippen molar-refractivity contribution >= 4 is 11.4 Å². The standard InChI is InChI=1S/C20H28N4O/c1-14-9-15(2)13-23(12-14)20(25)18-11-22-24-8-5-17(10-19(18)24)16-3-6-21-7-4-16/h5,8,10-11,14-16,21H,3-4,6-7,9,12-13H2,1-2H3. The van der Waals surface area contributed by atoms with Gasteiger partial charge < -0.3 is 10.2 Å². The minimum atomic E-state index is 0.135. The summed E-state index contributed by atoms with van der Waals surface area (Å²) in [7, 11) is 0. The maximum absolute atomic E-state index is 13.1. The minimum Gasteiger partial charge on any atom is -0.338 e. The van der Waals surface area contributed by atoms with E-state index in [1.54, 1.807) is 6.20 Å². The molecule has 0 aliphatic carbocycles. The molecule has 4 rings (SSSR count). The number of nitrogens with zero attached hydrogens (tertiary/aromatic N) is 3. The van der Waals surface area contributed by atoms with Gasteiger partial charge in [0.15, 0.2) is 0 Å². The maximum atomic E-state index is 13.1. The third kappa shape index (κ3) is 3.30. The van der Waals surface area contributed by atoms with Gasteiger partial charge in [-0.05, 0) is 67.8 Å². The van der Waals surface area contributed by atoms with Crippen molar-refractivity contribution in [1.29, 1.82) is 0 Å². The first kappa shape index (κ1) is 16.6. The first-order valence-electron chi connectivity index (χ1n) is 9.59. The van der Waals surface area contributed by atoms with Crippen molar-refractivity contribution in [3.05, 3.63) is 35.7 Å². The Hall–Kier alpha value is -1.88. The van der Waals surface area contributed by atoms with Crippen LogP contribution in [0.2, 0.25) is 0 Å². The third-order valence-electron chi connectivity index (χ3n) is 5.74. The summed E-state index contributed by atoms with van der Waals surface area (Å²) in [4.78, 5) is 15.1. The Kier molecular flexibility index (Phi) is 4.50. The summed E-state index contributed by atoms with van der Waals surface area (Å²) >= 11 is 0. The molecule has 2 saturated heterocycles. The van der Waals surface area contributed by atoms with E-state index in [1.165, 1.54) is 12.0 Å². The fourth-order valence-electron chi connectivity index (χ4n) is 4.57. The molecule has 0 aromatic carbocycles. The lowest BCUT2D eigenvalue weighted by atomic mass is 9.90. The first-order valence-corrected chi connectivity index (χ1v) is 9.59. The van der Waals surface area contributed by atoms with Crippen LogP contribution >= 0.6 is 0 Å². The molecule has 2 atom stereocenters. The normalized spacial score (nSPS) is 25.4. The van der Waals surface area contributed by atoms with Gasteiger partial charge in [-0.25, -0.2) is 4.52 Å². The number of likely N-dealkylation sites (tertiary alicyclic amines) is 1. The van der Waals surface area contributed by atoms with Crippen LogP contribution in [0.25, 0.3) is 5.52 Å². The Balaban J connectivity index is 1.63. The molecule has 0 spiro atoms. The molecular formula is C20H28N4O. The smallest absolute Gasteiger partial charge is 0.257 e. The summed E-state index contributed by atoms with van der Waals surface area (Å²) in [6.07, 6.45) is 7.28. The number of piperidine rings is 2. The molecule has 0 bridgehead atoms. The number of aromatic nitrogens is 2. The predicted molar refractivity (Wildman–Crippen MR) is 98.9 cm³/mol. The molecule has 0 radical (unpaired) electrons. The van der Waals surface area contributed by atoms with Crippen molar-refractivity contribution < 1.29 is 4.79 Å². The average molecular weight is 340 g/mol. The highest BCUT2D eigenvalue weighted by Gasteiger charge is 2.28. The molecule has 2 aliphatic rings. The summed E-state index contributed by atoms with van der Waals surface area (Å²) in [6, 6.07) is 4.35. The Morgan fingerprint density at radius 2 is 1.92 bits per heavy atom. The topological polar surface area (TPSA) is 49.6 Å². The highest BCUT2D eigenvalue weighted by Crippen LogP contribution is 2.28. The number of hydrogen-bond acceptors (Lipinski definition) is 3. The summed E-state index contributed by atoms with van der Waals surface area (Å²) in [5.74, 6) is 1.86. The predicted octanol–water partition coefficient (Wildman–Crippen LogP) is 2.92. The van der Waals surface area contributed by atoms with Crippen LogP contribution in [0.5, 0.6) is 0 Å². The van der Waals surface area contributed by atoms with E-state index in [2.05, 4.69) is 36.4 Å². The second-order valence-electron chi connectivity index (χ2n) is 8.03. The van der Waals surface area contributed by atoms with Gasteiger partial charge in [0, 0.05) is 19.3 Å². The van der Waals surface area contributed by atoms with Crippen molar-refractivity contribution in [2.45, 2.75) is 39.0 Å². The van der Waals surface area contributed by atoms with Crippen LogP contribution in [0.1, 0.15) is 54.9 Å². The number of carbonyl (C=O) groups is 1. The summed E-state index contributed by atoms with van der Waals surface area (Å²) < 4.78 is 1.84. The van der Waals surface area contributed by atoms with Crippen LogP contribution in [0.15, 0.2) is 24.5 Å². The van der Waals surface area contributed by atoms with Crippen LogP contribution in [0.4, 0.5) is 0 Å². The van der Waals surface area contributed by atoms with Gasteiger partial charge in [-0.3, -0.25) is 4.79 Å². The van der Waals surface area contributed by atoms with Crippen molar-refractivity contribution in [2.75, 3.05) is 26.2 Å². The number of pyridine rings is 1. The minimum absolute atomic E-state index is 0.135. The molecule has 1 N–H and O–H groups in total. The van der Waals surface area contributed by atoms with Crippen LogP contribution in [-0.2, 0) is 0 Å². The summed E-state index contributed by atoms with van der Waals surface area (Å²) in [5, 5.41) is 7.83. The molecule has 5 heteroatoms. The molecule has 2 fully saturated rings. The van der Waals surface area contributed by atoms with Crippen LogP contribution in [0, 0.1) is 11.8 Å². The number of fused-ring (bicyclic) bond motifs is 1. The fraction of sp³-hybridized carbons (Fsp3) is 0.600. The lowest BCUT2D eigenvalue weighted by Crippen LogP contribution is -2.42. The lowest BCUT2D eigenvalue weighted by Gasteiger charge is -2.34. The van der Waals surface area contributed by atoms with E-state index >= 15 is 0 Å². The van der Waals surface area contributed by atoms with Crippen molar-refractivity contribution in [2.24, 2.45) is 11.8 Å². The number of rotatable bonds is 2. The molecular weight excluding hydrogens is 312 g/mol. The van der Waals surface area contributed by atoms with Crippen molar-refractivity contribution in [3.63, 3.8) is 0 Å². The zero-order valence-electron chi connectivity index (χ0n) is 15.2. The average Bonchev–Trinajstić information content (AvgIpc) is 3.04. The van der Waals surface area contributed by atoms with E-state index in [9.17, 15) is 4.79 Å². The molecule has 2 aliphatic heterocycles. The lowest BCUT2D eigenvalue weighted by molar-refractivity contribution is 0.0625. The highest BCUT2D eigenvalue weighted by molar-refractivity contribution is 6.00. The Labute approximate surface area is 149 Å². The van der Waals surface area contributed by atoms with Gasteiger partial charge in [0.05, 0.1) is 17.3 Å². The molecule has 2 unspecified atom stereocenters. The largest absolute Gasteiger partial charge is 0.338 e. The second-order valence-corrected chi connectivity index (χ2v) is 8.03. The van der Waals surface area contributed by atoms with E-state index in [0.717, 1.165) is 50.1 Å². The molecule has 1 amide bonds. The van der Waals surface area contributed by atoms with Gasteiger partial charge in [-0.2, -0.15) is 5.10 Å². The fourth-order valence-corrected chi connectivity index (χ4v) is 4.57. The number of nitrogens with one attached hydrogen (secondary N) is 1. The first-order chi connectivity index (χ1) is 12.1. The van der Waals surface area contributed by atoms with Crippen molar-refractivity contribution in [3.8, 4) is 0 Å². The quantitative estimate of drug-likeness (QED) is 0.914. The molecule has 25 heavy (non-hydrogen) atoms. The Morgan fingerprint density at radius 1 is 1.20 bits per heavy atom. The van der Waals surface area contributed by atoms with Crippen LogP contribution < -0.4 is 5.32 Å². The van der Waals surface area contributed by atoms with E-state index in [-0.39, 0.29) is 5.91 Å². The Bertz CT molecular complexity index is 752. The van der Waals surface area contributed by atoms with Gasteiger partial charge in [0.1, 0.15) is 0 Å². The van der Waals surface area contributed by atoms with Crippen LogP contribution in [-0.4, -0.2) is 46.6 Å². The SMILES string of the molecule is CC1CC(C)CN(C(=O)c2cnn3ccc(C4CCNCC4)cc23)C1. The van der Waals surface area contributed by atoms with Crippen LogP contribution in [0.3, 0.4) is 0 Å². The third-order valence-corrected chi connectivity index (χ3v) is 5.74.